The Labute approximate surface area is 168 Å². The third kappa shape index (κ3) is 4.14. The molecule has 7 heteroatoms. The monoisotopic (exact) mass is 406 g/mol. The summed E-state index contributed by atoms with van der Waals surface area (Å²) in [4.78, 5) is 4.43. The molecule has 1 aromatic heterocycles. The van der Waals surface area contributed by atoms with Crippen molar-refractivity contribution in [3.63, 3.8) is 0 Å². The summed E-state index contributed by atoms with van der Waals surface area (Å²) >= 11 is 0. The number of anilines is 1. The van der Waals surface area contributed by atoms with E-state index in [0.717, 1.165) is 5.56 Å². The van der Waals surface area contributed by atoms with E-state index in [2.05, 4.69) is 9.71 Å². The molecule has 146 valence electrons. The van der Waals surface area contributed by atoms with Crippen molar-refractivity contribution in [3.05, 3.63) is 85.1 Å². The van der Waals surface area contributed by atoms with Crippen LogP contribution in [-0.4, -0.2) is 20.5 Å². The second-order valence-corrected chi connectivity index (χ2v) is 7.94. The lowest BCUT2D eigenvalue weighted by Crippen LogP contribution is -2.12. The maximum atomic E-state index is 12.6. The van der Waals surface area contributed by atoms with Crippen LogP contribution in [0.5, 0.6) is 5.75 Å². The Bertz CT molecular complexity index is 1220. The van der Waals surface area contributed by atoms with E-state index in [4.69, 9.17) is 9.15 Å². The molecule has 0 aliphatic rings. The maximum absolute atomic E-state index is 12.6. The molecular formula is C22H18N2O4S. The predicted molar refractivity (Wildman–Crippen MR) is 111 cm³/mol. The number of nitrogens with one attached hydrogen (secondary N) is 1. The lowest BCUT2D eigenvalue weighted by molar-refractivity contribution is 0.415. The van der Waals surface area contributed by atoms with Crippen LogP contribution in [0.15, 0.2) is 94.4 Å². The van der Waals surface area contributed by atoms with Gasteiger partial charge < -0.3 is 9.15 Å². The van der Waals surface area contributed by atoms with Gasteiger partial charge in [0, 0.05) is 17.2 Å². The molecule has 0 aliphatic carbocycles. The van der Waals surface area contributed by atoms with Gasteiger partial charge in [-0.2, -0.15) is 0 Å². The molecule has 0 radical (unpaired) electrons. The number of hydrogen-bond donors (Lipinski definition) is 1. The Kier molecular flexibility index (Phi) is 5.05. The number of sulfonamides is 1. The smallest absolute Gasteiger partial charge is 0.261 e. The van der Waals surface area contributed by atoms with E-state index in [-0.39, 0.29) is 4.90 Å². The van der Waals surface area contributed by atoms with Crippen molar-refractivity contribution >= 4 is 15.7 Å². The molecule has 0 bridgehead atoms. The quantitative estimate of drug-likeness (QED) is 0.497. The van der Waals surface area contributed by atoms with Gasteiger partial charge in [-0.3, -0.25) is 4.72 Å². The number of benzene rings is 3. The predicted octanol–water partition coefficient (Wildman–Crippen LogP) is 4.82. The average molecular weight is 406 g/mol. The van der Waals surface area contributed by atoms with Crippen molar-refractivity contribution in [2.75, 3.05) is 11.8 Å². The third-order valence-corrected chi connectivity index (χ3v) is 5.69. The summed E-state index contributed by atoms with van der Waals surface area (Å²) in [6, 6.07) is 22.7. The lowest BCUT2D eigenvalue weighted by Gasteiger charge is -2.09. The third-order valence-electron chi connectivity index (χ3n) is 4.30. The van der Waals surface area contributed by atoms with E-state index in [1.165, 1.54) is 19.2 Å². The van der Waals surface area contributed by atoms with Gasteiger partial charge in [0.2, 0.25) is 5.89 Å². The summed E-state index contributed by atoms with van der Waals surface area (Å²) in [5.74, 6) is 1.64. The Morgan fingerprint density at radius 3 is 2.38 bits per heavy atom. The van der Waals surface area contributed by atoms with Crippen molar-refractivity contribution in [3.8, 4) is 28.5 Å². The lowest BCUT2D eigenvalue weighted by atomic mass is 10.2. The molecule has 4 rings (SSSR count). The molecule has 1 heterocycles. The highest BCUT2D eigenvalue weighted by atomic mass is 32.2. The highest BCUT2D eigenvalue weighted by Crippen LogP contribution is 2.27. The summed E-state index contributed by atoms with van der Waals surface area (Å²) in [5, 5.41) is 0. The number of aromatic nitrogens is 1. The van der Waals surface area contributed by atoms with Crippen LogP contribution in [0, 0.1) is 0 Å². The van der Waals surface area contributed by atoms with Gasteiger partial charge in [-0.15, -0.1) is 0 Å². The number of methoxy groups -OCH3 is 1. The largest absolute Gasteiger partial charge is 0.497 e. The Hall–Kier alpha value is -3.58. The Morgan fingerprint density at radius 1 is 0.897 bits per heavy atom. The molecule has 0 fully saturated rings. The zero-order valence-electron chi connectivity index (χ0n) is 15.6. The van der Waals surface area contributed by atoms with Crippen LogP contribution in [-0.2, 0) is 10.0 Å². The summed E-state index contributed by atoms with van der Waals surface area (Å²) in [5.41, 5.74) is 2.04. The summed E-state index contributed by atoms with van der Waals surface area (Å²) in [6.07, 6.45) is 1.65. The molecule has 0 spiro atoms. The number of rotatable bonds is 6. The fourth-order valence-electron chi connectivity index (χ4n) is 2.82. The standard InChI is InChI=1S/C22H18N2O4S/c1-27-19-9-5-8-18(14-19)24-29(25,26)20-12-10-17(11-13-20)22-23-15-21(28-22)16-6-3-2-4-7-16/h2-15,24H,1H3. The van der Waals surface area contributed by atoms with Gasteiger partial charge in [0.15, 0.2) is 5.76 Å². The van der Waals surface area contributed by atoms with Gasteiger partial charge in [-0.1, -0.05) is 36.4 Å². The molecule has 0 amide bonds. The number of nitrogens with zero attached hydrogens (tertiary/aromatic N) is 1. The summed E-state index contributed by atoms with van der Waals surface area (Å²) in [6.45, 7) is 0. The first-order valence-electron chi connectivity index (χ1n) is 8.84. The number of oxazole rings is 1. The van der Waals surface area contributed by atoms with E-state index in [1.54, 1.807) is 42.6 Å². The van der Waals surface area contributed by atoms with Gasteiger partial charge in [-0.25, -0.2) is 13.4 Å². The van der Waals surface area contributed by atoms with Crippen LogP contribution in [0.25, 0.3) is 22.8 Å². The van der Waals surface area contributed by atoms with Gasteiger partial charge in [0.25, 0.3) is 10.0 Å². The molecule has 0 saturated heterocycles. The highest BCUT2D eigenvalue weighted by Gasteiger charge is 2.16. The second-order valence-electron chi connectivity index (χ2n) is 6.26. The van der Waals surface area contributed by atoms with Crippen molar-refractivity contribution in [2.45, 2.75) is 4.90 Å². The number of ether oxygens (including phenoxy) is 1. The number of hydrogen-bond acceptors (Lipinski definition) is 5. The van der Waals surface area contributed by atoms with Crippen molar-refractivity contribution in [2.24, 2.45) is 0 Å². The minimum absolute atomic E-state index is 0.138. The van der Waals surface area contributed by atoms with E-state index in [1.807, 2.05) is 30.3 Å². The first-order valence-corrected chi connectivity index (χ1v) is 10.3. The van der Waals surface area contributed by atoms with Crippen LogP contribution < -0.4 is 9.46 Å². The molecule has 0 atom stereocenters. The minimum Gasteiger partial charge on any atom is -0.497 e. The topological polar surface area (TPSA) is 81.4 Å². The molecular weight excluding hydrogens is 388 g/mol. The first-order chi connectivity index (χ1) is 14.0. The summed E-state index contributed by atoms with van der Waals surface area (Å²) in [7, 11) is -2.21. The SMILES string of the molecule is COc1cccc(NS(=O)(=O)c2ccc(-c3ncc(-c4ccccc4)o3)cc2)c1. The van der Waals surface area contributed by atoms with Gasteiger partial charge in [-0.05, 0) is 36.4 Å². The van der Waals surface area contributed by atoms with E-state index in [9.17, 15) is 8.42 Å². The van der Waals surface area contributed by atoms with E-state index >= 15 is 0 Å². The molecule has 4 aromatic rings. The maximum Gasteiger partial charge on any atom is 0.261 e. The Balaban J connectivity index is 1.55. The van der Waals surface area contributed by atoms with Gasteiger partial charge in [0.05, 0.1) is 23.9 Å². The normalized spacial score (nSPS) is 11.2. The zero-order chi connectivity index (χ0) is 20.3. The van der Waals surface area contributed by atoms with Crippen LogP contribution in [0.3, 0.4) is 0 Å². The molecule has 1 N–H and O–H groups in total. The average Bonchev–Trinajstić information content (AvgIpc) is 3.25. The molecule has 29 heavy (non-hydrogen) atoms. The van der Waals surface area contributed by atoms with Crippen LogP contribution in [0.4, 0.5) is 5.69 Å². The van der Waals surface area contributed by atoms with Crippen molar-refractivity contribution in [1.29, 1.82) is 0 Å². The van der Waals surface area contributed by atoms with Crippen molar-refractivity contribution < 1.29 is 17.6 Å². The van der Waals surface area contributed by atoms with E-state index < -0.39 is 10.0 Å². The van der Waals surface area contributed by atoms with Crippen LogP contribution in [0.1, 0.15) is 0 Å². The van der Waals surface area contributed by atoms with Crippen molar-refractivity contribution in [1.82, 2.24) is 4.98 Å². The highest BCUT2D eigenvalue weighted by molar-refractivity contribution is 7.92. The fraction of sp³-hybridized carbons (Fsp3) is 0.0455. The molecule has 0 aliphatic heterocycles. The fourth-order valence-corrected chi connectivity index (χ4v) is 3.87. The molecule has 6 nitrogen and oxygen atoms in total. The summed E-state index contributed by atoms with van der Waals surface area (Å²) < 4.78 is 38.8. The second kappa shape index (κ2) is 7.81. The molecule has 0 unspecified atom stereocenters. The molecule has 0 saturated carbocycles. The van der Waals surface area contributed by atoms with Gasteiger partial charge in [0.1, 0.15) is 5.75 Å². The van der Waals surface area contributed by atoms with Crippen LogP contribution in [0.2, 0.25) is 0 Å². The van der Waals surface area contributed by atoms with E-state index in [0.29, 0.717) is 28.7 Å². The first kappa shape index (κ1) is 18.8. The zero-order valence-corrected chi connectivity index (χ0v) is 16.4. The molecule has 3 aromatic carbocycles. The Morgan fingerprint density at radius 2 is 1.66 bits per heavy atom. The van der Waals surface area contributed by atoms with Gasteiger partial charge >= 0.3 is 0 Å². The minimum atomic E-state index is -3.73. The van der Waals surface area contributed by atoms with Crippen LogP contribution >= 0.6 is 0 Å².